The van der Waals surface area contributed by atoms with E-state index in [0.717, 1.165) is 30.0 Å². The monoisotopic (exact) mass is 328 g/mol. The summed E-state index contributed by atoms with van der Waals surface area (Å²) in [5.74, 6) is 1.06. The second kappa shape index (κ2) is 7.64. The first-order valence-corrected chi connectivity index (χ1v) is 8.37. The number of furan rings is 1. The lowest BCUT2D eigenvalue weighted by Gasteiger charge is -2.23. The van der Waals surface area contributed by atoms with Crippen LogP contribution >= 0.6 is 0 Å². The average Bonchev–Trinajstić information content (AvgIpc) is 3.26. The summed E-state index contributed by atoms with van der Waals surface area (Å²) in [6.07, 6.45) is 3.25. The van der Waals surface area contributed by atoms with Crippen LogP contribution in [0.1, 0.15) is 43.2 Å². The molecule has 2 aromatic rings. The van der Waals surface area contributed by atoms with Crippen molar-refractivity contribution in [3.8, 4) is 0 Å². The van der Waals surface area contributed by atoms with Gasteiger partial charge in [-0.05, 0) is 43.2 Å². The Morgan fingerprint density at radius 2 is 2.21 bits per heavy atom. The maximum Gasteiger partial charge on any atom is 0.227 e. The standard InChI is InChI=1S/C19H24N2O3/c1-14(20-17(13-23-2)18-8-5-11-24-18)15-6-3-7-16(12-15)21-10-4-9-19(21)22/h3,5-8,11-12,14,17,20H,4,9-10,13H2,1-2H3/t14-,17-/m0/s1. The lowest BCUT2D eigenvalue weighted by molar-refractivity contribution is -0.117. The van der Waals surface area contributed by atoms with Crippen molar-refractivity contribution in [2.45, 2.75) is 31.8 Å². The maximum absolute atomic E-state index is 12.0. The van der Waals surface area contributed by atoms with Crippen LogP contribution in [-0.2, 0) is 9.53 Å². The fourth-order valence-electron chi connectivity index (χ4n) is 3.15. The molecule has 0 radical (unpaired) electrons. The summed E-state index contributed by atoms with van der Waals surface area (Å²) in [4.78, 5) is 13.8. The molecule has 0 aliphatic carbocycles. The minimum Gasteiger partial charge on any atom is -0.468 e. The third-order valence-corrected chi connectivity index (χ3v) is 4.43. The first-order valence-electron chi connectivity index (χ1n) is 8.37. The van der Waals surface area contributed by atoms with Crippen LogP contribution in [0.25, 0.3) is 0 Å². The van der Waals surface area contributed by atoms with E-state index in [1.165, 1.54) is 0 Å². The molecule has 5 heteroatoms. The average molecular weight is 328 g/mol. The highest BCUT2D eigenvalue weighted by Gasteiger charge is 2.23. The minimum atomic E-state index is -0.0166. The Kier molecular flexibility index (Phi) is 5.33. The Morgan fingerprint density at radius 1 is 1.33 bits per heavy atom. The lowest BCUT2D eigenvalue weighted by Crippen LogP contribution is -2.28. The van der Waals surface area contributed by atoms with Crippen LogP contribution in [0.15, 0.2) is 47.1 Å². The number of hydrogen-bond donors (Lipinski definition) is 1. The van der Waals surface area contributed by atoms with Crippen LogP contribution < -0.4 is 10.2 Å². The van der Waals surface area contributed by atoms with E-state index in [1.54, 1.807) is 13.4 Å². The second-order valence-corrected chi connectivity index (χ2v) is 6.16. The molecule has 0 unspecified atom stereocenters. The van der Waals surface area contributed by atoms with Gasteiger partial charge in [-0.25, -0.2) is 0 Å². The van der Waals surface area contributed by atoms with E-state index in [1.807, 2.05) is 29.2 Å². The van der Waals surface area contributed by atoms with Crippen LogP contribution in [0, 0.1) is 0 Å². The molecule has 2 heterocycles. The molecule has 1 aromatic heterocycles. The summed E-state index contributed by atoms with van der Waals surface area (Å²) in [7, 11) is 1.68. The predicted molar refractivity (Wildman–Crippen MR) is 92.9 cm³/mol. The Bertz CT molecular complexity index is 669. The maximum atomic E-state index is 12.0. The van der Waals surface area contributed by atoms with Gasteiger partial charge in [-0.15, -0.1) is 0 Å². The lowest BCUT2D eigenvalue weighted by atomic mass is 10.1. The van der Waals surface area contributed by atoms with Crippen LogP contribution in [0.2, 0.25) is 0 Å². The number of benzene rings is 1. The zero-order valence-electron chi connectivity index (χ0n) is 14.2. The van der Waals surface area contributed by atoms with Gasteiger partial charge in [-0.1, -0.05) is 12.1 Å². The number of rotatable bonds is 7. The molecule has 1 N–H and O–H groups in total. The van der Waals surface area contributed by atoms with Crippen molar-refractivity contribution in [3.63, 3.8) is 0 Å². The Labute approximate surface area is 142 Å². The molecule has 128 valence electrons. The smallest absolute Gasteiger partial charge is 0.227 e. The SMILES string of the molecule is COC[C@H](N[C@@H](C)c1cccc(N2CCCC2=O)c1)c1ccco1. The van der Waals surface area contributed by atoms with E-state index in [4.69, 9.17) is 9.15 Å². The summed E-state index contributed by atoms with van der Waals surface area (Å²) in [5, 5.41) is 3.54. The molecule has 1 aliphatic rings. The zero-order chi connectivity index (χ0) is 16.9. The first-order chi connectivity index (χ1) is 11.7. The number of hydrogen-bond acceptors (Lipinski definition) is 4. The second-order valence-electron chi connectivity index (χ2n) is 6.16. The normalized spacial score (nSPS) is 17.2. The number of ether oxygens (including phenoxy) is 1. The van der Waals surface area contributed by atoms with E-state index < -0.39 is 0 Å². The molecule has 24 heavy (non-hydrogen) atoms. The van der Waals surface area contributed by atoms with Gasteiger partial charge in [0, 0.05) is 31.8 Å². The number of methoxy groups -OCH3 is 1. The van der Waals surface area contributed by atoms with Gasteiger partial charge in [-0.3, -0.25) is 10.1 Å². The van der Waals surface area contributed by atoms with Gasteiger partial charge in [0.1, 0.15) is 5.76 Å². The molecule has 0 saturated carbocycles. The molecular formula is C19H24N2O3. The van der Waals surface area contributed by atoms with Crippen LogP contribution in [-0.4, -0.2) is 26.2 Å². The molecule has 2 atom stereocenters. The van der Waals surface area contributed by atoms with Crippen molar-refractivity contribution in [3.05, 3.63) is 54.0 Å². The molecule has 1 amide bonds. The van der Waals surface area contributed by atoms with Crippen LogP contribution in [0.4, 0.5) is 5.69 Å². The molecule has 0 bridgehead atoms. The van der Waals surface area contributed by atoms with Gasteiger partial charge in [0.2, 0.25) is 5.91 Å². The highest BCUT2D eigenvalue weighted by molar-refractivity contribution is 5.95. The number of nitrogens with one attached hydrogen (secondary N) is 1. The topological polar surface area (TPSA) is 54.7 Å². The number of nitrogens with zero attached hydrogens (tertiary/aromatic N) is 1. The summed E-state index contributed by atoms with van der Waals surface area (Å²) in [6, 6.07) is 12.1. The first kappa shape index (κ1) is 16.7. The minimum absolute atomic E-state index is 0.0166. The van der Waals surface area contributed by atoms with E-state index in [2.05, 4.69) is 24.4 Å². The van der Waals surface area contributed by atoms with Crippen molar-refractivity contribution >= 4 is 11.6 Å². The van der Waals surface area contributed by atoms with Crippen molar-refractivity contribution in [1.82, 2.24) is 5.32 Å². The van der Waals surface area contributed by atoms with Gasteiger partial charge in [0.25, 0.3) is 0 Å². The number of carbonyl (C=O) groups excluding carboxylic acids is 1. The van der Waals surface area contributed by atoms with Crippen molar-refractivity contribution in [2.24, 2.45) is 0 Å². The van der Waals surface area contributed by atoms with E-state index in [-0.39, 0.29) is 18.0 Å². The molecule has 1 saturated heterocycles. The van der Waals surface area contributed by atoms with Gasteiger partial charge < -0.3 is 14.1 Å². The zero-order valence-corrected chi connectivity index (χ0v) is 14.2. The fourth-order valence-corrected chi connectivity index (χ4v) is 3.15. The summed E-state index contributed by atoms with van der Waals surface area (Å²) in [6.45, 7) is 3.45. The Morgan fingerprint density at radius 3 is 2.88 bits per heavy atom. The summed E-state index contributed by atoms with van der Waals surface area (Å²) in [5.41, 5.74) is 2.12. The molecule has 0 spiro atoms. The van der Waals surface area contributed by atoms with E-state index in [9.17, 15) is 4.79 Å². The summed E-state index contributed by atoms with van der Waals surface area (Å²) >= 11 is 0. The fraction of sp³-hybridized carbons (Fsp3) is 0.421. The Hall–Kier alpha value is -2.11. The molecule has 3 rings (SSSR count). The molecule has 1 fully saturated rings. The van der Waals surface area contributed by atoms with Crippen molar-refractivity contribution in [1.29, 1.82) is 0 Å². The number of amides is 1. The molecule has 1 aliphatic heterocycles. The van der Waals surface area contributed by atoms with Crippen LogP contribution in [0.5, 0.6) is 0 Å². The third kappa shape index (κ3) is 3.68. The largest absolute Gasteiger partial charge is 0.468 e. The quantitative estimate of drug-likeness (QED) is 0.846. The van der Waals surface area contributed by atoms with Gasteiger partial charge in [0.15, 0.2) is 0 Å². The Balaban J connectivity index is 1.74. The van der Waals surface area contributed by atoms with E-state index in [0.29, 0.717) is 13.0 Å². The summed E-state index contributed by atoms with van der Waals surface area (Å²) < 4.78 is 10.8. The molecular weight excluding hydrogens is 304 g/mol. The van der Waals surface area contributed by atoms with Crippen molar-refractivity contribution < 1.29 is 13.9 Å². The van der Waals surface area contributed by atoms with Crippen LogP contribution in [0.3, 0.4) is 0 Å². The van der Waals surface area contributed by atoms with Gasteiger partial charge in [-0.2, -0.15) is 0 Å². The molecule has 5 nitrogen and oxygen atoms in total. The van der Waals surface area contributed by atoms with E-state index >= 15 is 0 Å². The number of anilines is 1. The highest BCUT2D eigenvalue weighted by atomic mass is 16.5. The van der Waals surface area contributed by atoms with Crippen molar-refractivity contribution in [2.75, 3.05) is 25.2 Å². The number of carbonyl (C=O) groups is 1. The third-order valence-electron chi connectivity index (χ3n) is 4.43. The van der Waals surface area contributed by atoms with Gasteiger partial charge >= 0.3 is 0 Å². The van der Waals surface area contributed by atoms with Gasteiger partial charge in [0.05, 0.1) is 18.9 Å². The predicted octanol–water partition coefficient (Wildman–Crippen LogP) is 3.44. The highest BCUT2D eigenvalue weighted by Crippen LogP contribution is 2.26. The molecule has 1 aromatic carbocycles.